The minimum atomic E-state index is -0.951. The predicted octanol–water partition coefficient (Wildman–Crippen LogP) is 1.85. The summed E-state index contributed by atoms with van der Waals surface area (Å²) in [7, 11) is 0.403. The van der Waals surface area contributed by atoms with Gasteiger partial charge >= 0.3 is 5.97 Å². The number of esters is 1. The molecule has 0 spiro atoms. The van der Waals surface area contributed by atoms with E-state index in [1.54, 1.807) is 18.3 Å². The molecule has 1 aromatic heterocycles. The number of aryl methyl sites for hydroxylation is 1. The maximum Gasteiger partial charge on any atom is 0.309 e. The molecule has 0 bridgehead atoms. The summed E-state index contributed by atoms with van der Waals surface area (Å²) in [6, 6.07) is 4.02. The Labute approximate surface area is 102 Å². The highest BCUT2D eigenvalue weighted by molar-refractivity contribution is 7.85. The van der Waals surface area contributed by atoms with Gasteiger partial charge in [-0.1, -0.05) is 13.0 Å². The van der Waals surface area contributed by atoms with Crippen LogP contribution in [0.2, 0.25) is 0 Å². The van der Waals surface area contributed by atoms with E-state index in [2.05, 4.69) is 4.74 Å². The fourth-order valence-corrected chi connectivity index (χ4v) is 3.45. The van der Waals surface area contributed by atoms with Gasteiger partial charge in [0, 0.05) is 27.2 Å². The number of rotatable bonds is 6. The fourth-order valence-electron chi connectivity index (χ4n) is 1.30. The molecule has 2 atom stereocenters. The molecule has 0 aromatic carbocycles. The van der Waals surface area contributed by atoms with Gasteiger partial charge < -0.3 is 4.74 Å². The first-order valence-corrected chi connectivity index (χ1v) is 7.45. The largest absolute Gasteiger partial charge is 0.469 e. The van der Waals surface area contributed by atoms with Crippen molar-refractivity contribution in [2.75, 3.05) is 18.6 Å². The van der Waals surface area contributed by atoms with Crippen molar-refractivity contribution in [2.24, 2.45) is 5.92 Å². The van der Waals surface area contributed by atoms with Crippen LogP contribution in [-0.4, -0.2) is 28.8 Å². The van der Waals surface area contributed by atoms with Crippen molar-refractivity contribution in [1.82, 2.24) is 0 Å². The summed E-state index contributed by atoms with van der Waals surface area (Å²) in [6.45, 7) is 1.74. The Morgan fingerprint density at radius 1 is 1.62 bits per heavy atom. The zero-order chi connectivity index (χ0) is 12.0. The molecule has 16 heavy (non-hydrogen) atoms. The molecule has 5 heteroatoms. The molecule has 3 nitrogen and oxygen atoms in total. The molecule has 0 amide bonds. The third kappa shape index (κ3) is 4.45. The molecule has 1 heterocycles. The average molecular weight is 260 g/mol. The van der Waals surface area contributed by atoms with Crippen molar-refractivity contribution in [2.45, 2.75) is 13.3 Å². The molecule has 0 saturated heterocycles. The molecule has 90 valence electrons. The lowest BCUT2D eigenvalue weighted by Crippen LogP contribution is -2.21. The van der Waals surface area contributed by atoms with Crippen molar-refractivity contribution in [3.05, 3.63) is 22.4 Å². The lowest BCUT2D eigenvalue weighted by atomic mass is 10.2. The summed E-state index contributed by atoms with van der Waals surface area (Å²) in [4.78, 5) is 12.4. The first kappa shape index (κ1) is 13.4. The van der Waals surface area contributed by atoms with Crippen LogP contribution in [0.4, 0.5) is 0 Å². The summed E-state index contributed by atoms with van der Waals surface area (Å²) in [5.41, 5.74) is 0. The first-order valence-electron chi connectivity index (χ1n) is 5.08. The predicted molar refractivity (Wildman–Crippen MR) is 67.1 cm³/mol. The molecule has 2 unspecified atom stereocenters. The van der Waals surface area contributed by atoms with Crippen LogP contribution in [0.25, 0.3) is 0 Å². The Morgan fingerprint density at radius 2 is 2.38 bits per heavy atom. The minimum absolute atomic E-state index is 0.283. The van der Waals surface area contributed by atoms with Crippen LogP contribution in [0.1, 0.15) is 11.8 Å². The van der Waals surface area contributed by atoms with Gasteiger partial charge in [-0.25, -0.2) is 0 Å². The smallest absolute Gasteiger partial charge is 0.309 e. The highest BCUT2D eigenvalue weighted by Crippen LogP contribution is 2.10. The Kier molecular flexibility index (Phi) is 5.69. The topological polar surface area (TPSA) is 43.4 Å². The van der Waals surface area contributed by atoms with E-state index in [-0.39, 0.29) is 11.9 Å². The Balaban J connectivity index is 2.28. The number of methoxy groups -OCH3 is 1. The van der Waals surface area contributed by atoms with Crippen molar-refractivity contribution >= 4 is 28.1 Å². The Hall–Kier alpha value is -0.680. The monoisotopic (exact) mass is 260 g/mol. The highest BCUT2D eigenvalue weighted by Gasteiger charge is 2.16. The van der Waals surface area contributed by atoms with Gasteiger partial charge in [-0.05, 0) is 17.9 Å². The van der Waals surface area contributed by atoms with Crippen LogP contribution in [-0.2, 0) is 26.8 Å². The molecule has 0 aliphatic rings. The van der Waals surface area contributed by atoms with Gasteiger partial charge in [0.05, 0.1) is 13.0 Å². The SMILES string of the molecule is COC(=O)C(C)CS(=O)CCc1cccs1. The van der Waals surface area contributed by atoms with Crippen molar-refractivity contribution in [3.8, 4) is 0 Å². The second-order valence-corrected chi connectivity index (χ2v) is 6.22. The van der Waals surface area contributed by atoms with E-state index in [0.29, 0.717) is 11.5 Å². The molecular weight excluding hydrogens is 244 g/mol. The molecule has 0 fully saturated rings. The molecule has 0 radical (unpaired) electrons. The Morgan fingerprint density at radius 3 is 2.94 bits per heavy atom. The number of hydrogen-bond acceptors (Lipinski definition) is 4. The second kappa shape index (κ2) is 6.81. The van der Waals surface area contributed by atoms with E-state index in [4.69, 9.17) is 0 Å². The van der Waals surface area contributed by atoms with Crippen molar-refractivity contribution in [1.29, 1.82) is 0 Å². The lowest BCUT2D eigenvalue weighted by Gasteiger charge is -2.08. The van der Waals surface area contributed by atoms with Crippen LogP contribution >= 0.6 is 11.3 Å². The highest BCUT2D eigenvalue weighted by atomic mass is 32.2. The van der Waals surface area contributed by atoms with Gasteiger partial charge in [0.1, 0.15) is 0 Å². The third-order valence-electron chi connectivity index (χ3n) is 2.20. The summed E-state index contributed by atoms with van der Waals surface area (Å²) in [5, 5.41) is 2.01. The third-order valence-corrected chi connectivity index (χ3v) is 4.66. The zero-order valence-corrected chi connectivity index (χ0v) is 11.1. The second-order valence-electron chi connectivity index (χ2n) is 3.56. The molecule has 1 aromatic rings. The quantitative estimate of drug-likeness (QED) is 0.733. The lowest BCUT2D eigenvalue weighted by molar-refractivity contribution is -0.144. The van der Waals surface area contributed by atoms with Gasteiger partial charge in [-0.2, -0.15) is 0 Å². The van der Waals surface area contributed by atoms with Gasteiger partial charge in [0.15, 0.2) is 0 Å². The molecule has 0 aliphatic carbocycles. The molecular formula is C11H16O3S2. The van der Waals surface area contributed by atoms with Crippen LogP contribution in [0.3, 0.4) is 0 Å². The van der Waals surface area contributed by atoms with E-state index in [9.17, 15) is 9.00 Å². The van der Waals surface area contributed by atoms with Gasteiger partial charge in [0.2, 0.25) is 0 Å². The number of hydrogen-bond donors (Lipinski definition) is 0. The number of carbonyl (C=O) groups is 1. The maximum absolute atomic E-state index is 11.7. The summed E-state index contributed by atoms with van der Waals surface area (Å²) in [6.07, 6.45) is 0.818. The van der Waals surface area contributed by atoms with Gasteiger partial charge in [0.25, 0.3) is 0 Å². The Bertz CT molecular complexity index is 346. The van der Waals surface area contributed by atoms with Crippen molar-refractivity contribution in [3.63, 3.8) is 0 Å². The summed E-state index contributed by atoms with van der Waals surface area (Å²) in [5.74, 6) is 0.429. The van der Waals surface area contributed by atoms with Gasteiger partial charge in [-0.3, -0.25) is 9.00 Å². The van der Waals surface area contributed by atoms with E-state index >= 15 is 0 Å². The first-order chi connectivity index (χ1) is 7.63. The molecule has 0 saturated carbocycles. The van der Waals surface area contributed by atoms with E-state index in [0.717, 1.165) is 6.42 Å². The van der Waals surface area contributed by atoms with E-state index in [1.165, 1.54) is 12.0 Å². The number of thiophene rings is 1. The van der Waals surface area contributed by atoms with Crippen LogP contribution < -0.4 is 0 Å². The normalized spacial score (nSPS) is 14.4. The van der Waals surface area contributed by atoms with Crippen molar-refractivity contribution < 1.29 is 13.7 Å². The van der Waals surface area contributed by atoms with Crippen LogP contribution in [0.5, 0.6) is 0 Å². The van der Waals surface area contributed by atoms with Crippen LogP contribution in [0.15, 0.2) is 17.5 Å². The average Bonchev–Trinajstić information content (AvgIpc) is 2.78. The van der Waals surface area contributed by atoms with Crippen LogP contribution in [0, 0.1) is 5.92 Å². The van der Waals surface area contributed by atoms with E-state index in [1.807, 2.05) is 17.5 Å². The summed E-state index contributed by atoms with van der Waals surface area (Å²) >= 11 is 1.67. The molecule has 1 rings (SSSR count). The number of carbonyl (C=O) groups excluding carboxylic acids is 1. The van der Waals surface area contributed by atoms with E-state index < -0.39 is 10.8 Å². The number of ether oxygens (including phenoxy) is 1. The summed E-state index contributed by atoms with van der Waals surface area (Å²) < 4.78 is 16.3. The standard InChI is InChI=1S/C11H16O3S2/c1-9(11(12)14-2)8-16(13)7-5-10-4-3-6-15-10/h3-4,6,9H,5,7-8H2,1-2H3. The minimum Gasteiger partial charge on any atom is -0.469 e. The maximum atomic E-state index is 11.7. The molecule has 0 N–H and O–H groups in total. The fraction of sp³-hybridized carbons (Fsp3) is 0.545. The van der Waals surface area contributed by atoms with Gasteiger partial charge in [-0.15, -0.1) is 11.3 Å². The zero-order valence-electron chi connectivity index (χ0n) is 9.47. The molecule has 0 aliphatic heterocycles.